The second-order valence-corrected chi connectivity index (χ2v) is 11.1. The van der Waals surface area contributed by atoms with Crippen LogP contribution in [0.1, 0.15) is 58.3 Å². The van der Waals surface area contributed by atoms with Crippen LogP contribution in [0.25, 0.3) is 0 Å². The summed E-state index contributed by atoms with van der Waals surface area (Å²) >= 11 is 0. The molecule has 0 bridgehead atoms. The normalized spacial score (nSPS) is 21.9. The van der Waals surface area contributed by atoms with Crippen molar-refractivity contribution in [2.24, 2.45) is 0 Å². The summed E-state index contributed by atoms with van der Waals surface area (Å²) in [6, 6.07) is 7.06. The molecule has 1 aromatic heterocycles. The lowest BCUT2D eigenvalue weighted by atomic mass is 10.0. The largest absolute Gasteiger partial charge is 0.494 e. The van der Waals surface area contributed by atoms with E-state index in [0.717, 1.165) is 86.9 Å². The van der Waals surface area contributed by atoms with Gasteiger partial charge in [-0.15, -0.1) is 0 Å². The molecule has 1 N–H and O–H groups in total. The van der Waals surface area contributed by atoms with E-state index in [0.29, 0.717) is 24.5 Å². The molecule has 1 amide bonds. The third-order valence-electron chi connectivity index (χ3n) is 8.49. The first kappa shape index (κ1) is 26.5. The van der Waals surface area contributed by atoms with Crippen LogP contribution in [0.3, 0.4) is 0 Å². The first-order valence-electron chi connectivity index (χ1n) is 14.2. The van der Waals surface area contributed by atoms with Crippen molar-refractivity contribution in [1.29, 1.82) is 0 Å². The van der Waals surface area contributed by atoms with Gasteiger partial charge in [0, 0.05) is 63.5 Å². The summed E-state index contributed by atoms with van der Waals surface area (Å²) < 4.78 is 5.78. The van der Waals surface area contributed by atoms with E-state index >= 15 is 0 Å². The molecule has 0 spiro atoms. The minimum absolute atomic E-state index is 0.123. The van der Waals surface area contributed by atoms with Gasteiger partial charge in [0.05, 0.1) is 19.0 Å². The molecule has 5 rings (SSSR count). The van der Waals surface area contributed by atoms with Crippen LogP contribution in [0.5, 0.6) is 5.75 Å². The minimum atomic E-state index is 0.123. The number of likely N-dealkylation sites (N-methyl/N-ethyl adjacent to an activating group) is 1. The van der Waals surface area contributed by atoms with Crippen molar-refractivity contribution >= 4 is 34.7 Å². The number of methoxy groups -OCH3 is 1. The van der Waals surface area contributed by atoms with Gasteiger partial charge in [0.25, 0.3) is 0 Å². The molecule has 2 fully saturated rings. The van der Waals surface area contributed by atoms with Gasteiger partial charge in [-0.2, -0.15) is 4.98 Å². The van der Waals surface area contributed by atoms with Gasteiger partial charge >= 0.3 is 0 Å². The van der Waals surface area contributed by atoms with Gasteiger partial charge in [-0.05, 0) is 51.8 Å². The van der Waals surface area contributed by atoms with Crippen molar-refractivity contribution in [1.82, 2.24) is 14.9 Å². The van der Waals surface area contributed by atoms with Gasteiger partial charge in [0.2, 0.25) is 11.9 Å². The predicted molar refractivity (Wildman–Crippen MR) is 154 cm³/mol. The maximum atomic E-state index is 13.0. The number of anilines is 5. The molecular formula is C29H43N7O2. The number of ether oxygens (including phenoxy) is 1. The monoisotopic (exact) mass is 521 g/mol. The zero-order chi connectivity index (χ0) is 26.6. The number of fused-ring (bicyclic) bond motifs is 1. The molecule has 2 aromatic rings. The molecule has 2 aliphatic heterocycles. The smallest absolute Gasteiger partial charge is 0.229 e. The number of nitrogens with zero attached hydrogens (tertiary/aromatic N) is 6. The van der Waals surface area contributed by atoms with Gasteiger partial charge < -0.3 is 29.7 Å². The molecule has 206 valence electrons. The maximum absolute atomic E-state index is 13.0. The number of hydrogen-bond donors (Lipinski definition) is 1. The van der Waals surface area contributed by atoms with Crippen molar-refractivity contribution < 1.29 is 9.53 Å². The fourth-order valence-electron chi connectivity index (χ4n) is 6.10. The van der Waals surface area contributed by atoms with Crippen LogP contribution in [0.15, 0.2) is 24.4 Å². The van der Waals surface area contributed by atoms with Crippen LogP contribution >= 0.6 is 0 Å². The summed E-state index contributed by atoms with van der Waals surface area (Å²) in [6.07, 6.45) is 10.2. The lowest BCUT2D eigenvalue weighted by Crippen LogP contribution is -2.44. The van der Waals surface area contributed by atoms with Crippen LogP contribution < -0.4 is 24.8 Å². The Morgan fingerprint density at radius 1 is 1.00 bits per heavy atom. The quantitative estimate of drug-likeness (QED) is 0.609. The highest BCUT2D eigenvalue weighted by Gasteiger charge is 2.32. The van der Waals surface area contributed by atoms with Crippen LogP contribution in [-0.2, 0) is 4.79 Å². The molecule has 1 aromatic carbocycles. The summed E-state index contributed by atoms with van der Waals surface area (Å²) in [5.41, 5.74) is 2.78. The van der Waals surface area contributed by atoms with Gasteiger partial charge in [-0.1, -0.05) is 19.3 Å². The van der Waals surface area contributed by atoms with E-state index in [2.05, 4.69) is 57.2 Å². The number of piperazine rings is 1. The lowest BCUT2D eigenvalue weighted by molar-refractivity contribution is -0.118. The van der Waals surface area contributed by atoms with Gasteiger partial charge in [0.15, 0.2) is 5.82 Å². The molecule has 3 aliphatic rings. The highest BCUT2D eigenvalue weighted by molar-refractivity contribution is 5.95. The Morgan fingerprint density at radius 2 is 1.74 bits per heavy atom. The van der Waals surface area contributed by atoms with E-state index < -0.39 is 0 Å². The fourth-order valence-corrected chi connectivity index (χ4v) is 6.10. The van der Waals surface area contributed by atoms with E-state index in [1.807, 2.05) is 13.2 Å². The van der Waals surface area contributed by atoms with E-state index in [1.54, 1.807) is 12.0 Å². The minimum Gasteiger partial charge on any atom is -0.494 e. The first-order valence-corrected chi connectivity index (χ1v) is 14.2. The van der Waals surface area contributed by atoms with Crippen LogP contribution in [0, 0.1) is 0 Å². The van der Waals surface area contributed by atoms with Crippen molar-refractivity contribution in [3.63, 3.8) is 0 Å². The molecule has 1 saturated carbocycles. The van der Waals surface area contributed by atoms with Crippen molar-refractivity contribution in [2.75, 3.05) is 67.4 Å². The SMILES string of the molecule is COc1cc(N2CCN(C)CC2)ccc1Nc1ncc2c(n1)N(C1CCCC1)[C@@H](C)CCCCC(=O)N2C. The summed E-state index contributed by atoms with van der Waals surface area (Å²) in [5.74, 6) is 2.26. The Bertz CT molecular complexity index is 1110. The molecule has 0 radical (unpaired) electrons. The summed E-state index contributed by atoms with van der Waals surface area (Å²) in [6.45, 7) is 6.42. The zero-order valence-electron chi connectivity index (χ0n) is 23.4. The van der Waals surface area contributed by atoms with E-state index in [4.69, 9.17) is 9.72 Å². The third-order valence-corrected chi connectivity index (χ3v) is 8.49. The highest BCUT2D eigenvalue weighted by atomic mass is 16.5. The number of hydrogen-bond acceptors (Lipinski definition) is 8. The van der Waals surface area contributed by atoms with E-state index in [1.165, 1.54) is 12.8 Å². The summed E-state index contributed by atoms with van der Waals surface area (Å²) in [5, 5.41) is 3.42. The molecule has 1 aliphatic carbocycles. The van der Waals surface area contributed by atoms with Crippen molar-refractivity contribution in [2.45, 2.75) is 70.4 Å². The second-order valence-electron chi connectivity index (χ2n) is 11.1. The van der Waals surface area contributed by atoms with Crippen molar-refractivity contribution in [3.05, 3.63) is 24.4 Å². The molecule has 1 atom stereocenters. The Hall–Kier alpha value is -3.07. The molecule has 1 saturated heterocycles. The molecule has 9 heteroatoms. The number of benzene rings is 1. The van der Waals surface area contributed by atoms with Crippen LogP contribution in [0.4, 0.5) is 28.8 Å². The molecule has 9 nitrogen and oxygen atoms in total. The number of rotatable bonds is 5. The number of carbonyl (C=O) groups is 1. The molecule has 0 unspecified atom stereocenters. The lowest BCUT2D eigenvalue weighted by Gasteiger charge is -2.38. The predicted octanol–water partition coefficient (Wildman–Crippen LogP) is 4.65. The van der Waals surface area contributed by atoms with Crippen LogP contribution in [-0.4, -0.2) is 80.2 Å². The van der Waals surface area contributed by atoms with Crippen LogP contribution in [0.2, 0.25) is 0 Å². The second kappa shape index (κ2) is 11.8. The molecule has 3 heterocycles. The van der Waals surface area contributed by atoms with Gasteiger partial charge in [-0.25, -0.2) is 4.98 Å². The number of nitrogens with one attached hydrogen (secondary N) is 1. The Kier molecular flexibility index (Phi) is 8.21. The Morgan fingerprint density at radius 3 is 2.47 bits per heavy atom. The van der Waals surface area contributed by atoms with Gasteiger partial charge in [-0.3, -0.25) is 4.79 Å². The topological polar surface area (TPSA) is 77.1 Å². The Labute approximate surface area is 227 Å². The van der Waals surface area contributed by atoms with Crippen molar-refractivity contribution in [3.8, 4) is 5.75 Å². The number of carbonyl (C=O) groups excluding carboxylic acids is 1. The average Bonchev–Trinajstić information content (AvgIpc) is 3.45. The summed E-state index contributed by atoms with van der Waals surface area (Å²) in [4.78, 5) is 31.7. The number of amides is 1. The molecule has 38 heavy (non-hydrogen) atoms. The fraction of sp³-hybridized carbons (Fsp3) is 0.621. The number of aromatic nitrogens is 2. The van der Waals surface area contributed by atoms with E-state index in [-0.39, 0.29) is 5.91 Å². The summed E-state index contributed by atoms with van der Waals surface area (Å²) in [7, 11) is 5.72. The average molecular weight is 522 g/mol. The maximum Gasteiger partial charge on any atom is 0.229 e. The van der Waals surface area contributed by atoms with E-state index in [9.17, 15) is 4.79 Å². The molecular weight excluding hydrogens is 478 g/mol. The standard InChI is InChI=1S/C29H43N7O2/c1-21-9-5-8-12-27(37)34(3)25-20-30-29(32-28(25)36(21)22-10-6-7-11-22)31-24-14-13-23(19-26(24)38-4)35-17-15-33(2)16-18-35/h13-14,19-22H,5-12,15-18H2,1-4H3,(H,30,31,32)/t21-/m0/s1. The first-order chi connectivity index (χ1) is 18.4. The highest BCUT2D eigenvalue weighted by Crippen LogP contribution is 2.38. The zero-order valence-corrected chi connectivity index (χ0v) is 23.4. The Balaban J connectivity index is 1.47. The van der Waals surface area contributed by atoms with Gasteiger partial charge in [0.1, 0.15) is 11.4 Å². The third kappa shape index (κ3) is 5.67.